The van der Waals surface area contributed by atoms with Gasteiger partial charge in [-0.3, -0.25) is 0 Å². The molecule has 0 amide bonds. The maximum Gasteiger partial charge on any atom is 0.243 e. The Morgan fingerprint density at radius 2 is 1.27 bits per heavy atom. The van der Waals surface area contributed by atoms with Crippen LogP contribution >= 0.6 is 15.9 Å². The number of aryl methyl sites for hydroxylation is 1. The number of benzene rings is 2. The molecule has 2 aromatic carbocycles. The van der Waals surface area contributed by atoms with Crippen LogP contribution < -0.4 is 0 Å². The van der Waals surface area contributed by atoms with Crippen molar-refractivity contribution in [3.8, 4) is 0 Å². The third-order valence-corrected chi connectivity index (χ3v) is 8.59. The molecule has 6 nitrogen and oxygen atoms in total. The van der Waals surface area contributed by atoms with Gasteiger partial charge in [0.2, 0.25) is 20.0 Å². The smallest absolute Gasteiger partial charge is 0.207 e. The lowest BCUT2D eigenvalue weighted by Crippen LogP contribution is -2.50. The Balaban J connectivity index is 1.75. The first kappa shape index (κ1) is 19.5. The van der Waals surface area contributed by atoms with Crippen LogP contribution in [-0.4, -0.2) is 51.6 Å². The highest BCUT2D eigenvalue weighted by Crippen LogP contribution is 2.23. The molecule has 1 saturated heterocycles. The molecule has 0 bridgehead atoms. The van der Waals surface area contributed by atoms with Gasteiger partial charge in [0, 0.05) is 30.7 Å². The zero-order valence-electron chi connectivity index (χ0n) is 14.2. The molecule has 1 aliphatic rings. The highest BCUT2D eigenvalue weighted by molar-refractivity contribution is 9.10. The van der Waals surface area contributed by atoms with Crippen LogP contribution in [0.1, 0.15) is 5.56 Å². The fourth-order valence-corrected chi connectivity index (χ4v) is 6.23. The van der Waals surface area contributed by atoms with Crippen LogP contribution in [-0.2, 0) is 20.0 Å². The highest BCUT2D eigenvalue weighted by atomic mass is 79.9. The predicted octanol–water partition coefficient (Wildman–Crippen LogP) is 2.45. The summed E-state index contributed by atoms with van der Waals surface area (Å²) in [5.41, 5.74) is 0.980. The second kappa shape index (κ2) is 7.40. The Morgan fingerprint density at radius 1 is 0.769 bits per heavy atom. The standard InChI is InChI=1S/C17H19BrN2O4S2/c1-14-5-7-16(8-6-14)25(21,22)19-9-11-20(12-10-19)26(23,24)17-4-2-3-15(18)13-17/h2-8,13H,9-12H2,1H3. The van der Waals surface area contributed by atoms with Crippen LogP contribution in [0.4, 0.5) is 0 Å². The van der Waals surface area contributed by atoms with Crippen molar-refractivity contribution in [2.75, 3.05) is 26.2 Å². The highest BCUT2D eigenvalue weighted by Gasteiger charge is 2.33. The molecule has 26 heavy (non-hydrogen) atoms. The van der Waals surface area contributed by atoms with E-state index >= 15 is 0 Å². The molecule has 1 heterocycles. The van der Waals surface area contributed by atoms with Gasteiger partial charge in [-0.25, -0.2) is 16.8 Å². The van der Waals surface area contributed by atoms with Crippen molar-refractivity contribution in [2.45, 2.75) is 16.7 Å². The van der Waals surface area contributed by atoms with E-state index < -0.39 is 20.0 Å². The minimum Gasteiger partial charge on any atom is -0.207 e. The molecule has 3 rings (SSSR count). The fraction of sp³-hybridized carbons (Fsp3) is 0.294. The largest absolute Gasteiger partial charge is 0.243 e. The summed E-state index contributed by atoms with van der Waals surface area (Å²) in [7, 11) is -7.26. The topological polar surface area (TPSA) is 74.8 Å². The van der Waals surface area contributed by atoms with Gasteiger partial charge in [0.05, 0.1) is 9.79 Å². The van der Waals surface area contributed by atoms with E-state index in [0.717, 1.165) is 5.56 Å². The summed E-state index contributed by atoms with van der Waals surface area (Å²) in [6, 6.07) is 13.2. The minimum absolute atomic E-state index is 0.125. The number of sulfonamides is 2. The third-order valence-electron chi connectivity index (χ3n) is 4.29. The maximum atomic E-state index is 12.7. The van der Waals surface area contributed by atoms with Gasteiger partial charge in [-0.1, -0.05) is 39.7 Å². The lowest BCUT2D eigenvalue weighted by molar-refractivity contribution is 0.273. The molecule has 0 unspecified atom stereocenters. The average molecular weight is 459 g/mol. The molecule has 1 fully saturated rings. The fourth-order valence-electron chi connectivity index (χ4n) is 2.79. The van der Waals surface area contributed by atoms with Crippen LogP contribution in [0.15, 0.2) is 62.8 Å². The summed E-state index contributed by atoms with van der Waals surface area (Å²) >= 11 is 3.27. The van der Waals surface area contributed by atoms with Crippen molar-refractivity contribution < 1.29 is 16.8 Å². The van der Waals surface area contributed by atoms with Crippen molar-refractivity contribution in [1.82, 2.24) is 8.61 Å². The average Bonchev–Trinajstić information content (AvgIpc) is 2.62. The molecule has 1 aliphatic heterocycles. The Bertz CT molecular complexity index is 997. The molecule has 140 valence electrons. The van der Waals surface area contributed by atoms with Gasteiger partial charge < -0.3 is 0 Å². The van der Waals surface area contributed by atoms with Gasteiger partial charge in [-0.15, -0.1) is 0 Å². The predicted molar refractivity (Wildman–Crippen MR) is 103 cm³/mol. The van der Waals surface area contributed by atoms with E-state index in [1.165, 1.54) is 14.7 Å². The lowest BCUT2D eigenvalue weighted by Gasteiger charge is -2.33. The monoisotopic (exact) mass is 458 g/mol. The van der Waals surface area contributed by atoms with Crippen LogP contribution in [0.2, 0.25) is 0 Å². The van der Waals surface area contributed by atoms with Crippen LogP contribution in [0.5, 0.6) is 0 Å². The van der Waals surface area contributed by atoms with E-state index in [2.05, 4.69) is 15.9 Å². The molecule has 2 aromatic rings. The molecule has 0 aliphatic carbocycles. The Hall–Kier alpha value is -1.26. The number of piperazine rings is 1. The van der Waals surface area contributed by atoms with Crippen molar-refractivity contribution >= 4 is 36.0 Å². The maximum absolute atomic E-state index is 12.7. The van der Waals surface area contributed by atoms with E-state index in [4.69, 9.17) is 0 Å². The van der Waals surface area contributed by atoms with Gasteiger partial charge in [0.15, 0.2) is 0 Å². The van der Waals surface area contributed by atoms with E-state index in [1.807, 2.05) is 6.92 Å². The zero-order chi connectivity index (χ0) is 18.9. The van der Waals surface area contributed by atoms with Crippen molar-refractivity contribution in [1.29, 1.82) is 0 Å². The van der Waals surface area contributed by atoms with Crippen molar-refractivity contribution in [2.24, 2.45) is 0 Å². The molecule has 0 aromatic heterocycles. The second-order valence-electron chi connectivity index (χ2n) is 6.08. The summed E-state index contributed by atoms with van der Waals surface area (Å²) in [6.07, 6.45) is 0. The molecule has 9 heteroatoms. The second-order valence-corrected chi connectivity index (χ2v) is 10.9. The first-order valence-corrected chi connectivity index (χ1v) is 11.7. The summed E-state index contributed by atoms with van der Waals surface area (Å²) < 4.78 is 54.3. The number of nitrogens with zero attached hydrogens (tertiary/aromatic N) is 2. The van der Waals surface area contributed by atoms with E-state index in [1.54, 1.807) is 42.5 Å². The van der Waals surface area contributed by atoms with E-state index in [0.29, 0.717) is 4.47 Å². The molecule has 0 radical (unpaired) electrons. The first-order chi connectivity index (χ1) is 12.2. The van der Waals surface area contributed by atoms with Crippen molar-refractivity contribution in [3.63, 3.8) is 0 Å². The number of hydrogen-bond acceptors (Lipinski definition) is 4. The normalized spacial score (nSPS) is 17.3. The Morgan fingerprint density at radius 3 is 1.77 bits per heavy atom. The Labute approximate surface area is 162 Å². The van der Waals surface area contributed by atoms with Gasteiger partial charge in [-0.2, -0.15) is 8.61 Å². The van der Waals surface area contributed by atoms with Gasteiger partial charge in [0.1, 0.15) is 0 Å². The van der Waals surface area contributed by atoms with Crippen LogP contribution in [0, 0.1) is 6.92 Å². The van der Waals surface area contributed by atoms with Crippen LogP contribution in [0.25, 0.3) is 0 Å². The van der Waals surface area contributed by atoms with E-state index in [-0.39, 0.29) is 36.0 Å². The molecular formula is C17H19BrN2O4S2. The quantitative estimate of drug-likeness (QED) is 0.704. The van der Waals surface area contributed by atoms with Gasteiger partial charge >= 0.3 is 0 Å². The minimum atomic E-state index is -3.64. The molecule has 0 spiro atoms. The van der Waals surface area contributed by atoms with Gasteiger partial charge in [-0.05, 0) is 37.3 Å². The first-order valence-electron chi connectivity index (χ1n) is 8.04. The van der Waals surface area contributed by atoms with Crippen LogP contribution in [0.3, 0.4) is 0 Å². The summed E-state index contributed by atoms with van der Waals surface area (Å²) in [6.45, 7) is 2.40. The van der Waals surface area contributed by atoms with E-state index in [9.17, 15) is 16.8 Å². The molecular weight excluding hydrogens is 440 g/mol. The lowest BCUT2D eigenvalue weighted by atomic mass is 10.2. The van der Waals surface area contributed by atoms with Gasteiger partial charge in [0.25, 0.3) is 0 Å². The molecule has 0 N–H and O–H groups in total. The SMILES string of the molecule is Cc1ccc(S(=O)(=O)N2CCN(S(=O)(=O)c3cccc(Br)c3)CC2)cc1. The summed E-state index contributed by atoms with van der Waals surface area (Å²) in [5, 5.41) is 0. The number of hydrogen-bond donors (Lipinski definition) is 0. The Kier molecular flexibility index (Phi) is 5.55. The summed E-state index contributed by atoms with van der Waals surface area (Å²) in [4.78, 5) is 0.424. The third kappa shape index (κ3) is 3.86. The zero-order valence-corrected chi connectivity index (χ0v) is 17.4. The number of rotatable bonds is 4. The number of halogens is 1. The molecule has 0 atom stereocenters. The van der Waals surface area contributed by atoms with Crippen molar-refractivity contribution in [3.05, 3.63) is 58.6 Å². The summed E-state index contributed by atoms with van der Waals surface area (Å²) in [5.74, 6) is 0. The molecule has 0 saturated carbocycles.